The molecule has 2 aromatic carbocycles. The molecule has 0 aliphatic rings. The number of hydrogen-bond acceptors (Lipinski definition) is 4. The Morgan fingerprint density at radius 3 is 2.51 bits per heavy atom. The predicted molar refractivity (Wildman–Crippen MR) is 148 cm³/mol. The molecule has 196 valence electrons. The molecule has 2 aromatic rings. The first-order valence-corrected chi connectivity index (χ1v) is 12.0. The molecule has 0 fully saturated rings. The van der Waals surface area contributed by atoms with Crippen molar-refractivity contribution < 1.29 is 24.2 Å². The second-order valence-electron chi connectivity index (χ2n) is 8.19. The molecule has 0 spiro atoms. The van der Waals surface area contributed by atoms with Crippen LogP contribution in [0.15, 0.2) is 78.6 Å². The van der Waals surface area contributed by atoms with Gasteiger partial charge in [0.05, 0.1) is 0 Å². The maximum Gasteiger partial charge on any atom is 0.303 e. The number of carbonyl (C=O) groups excluding carboxylic acids is 1. The second-order valence-corrected chi connectivity index (χ2v) is 8.19. The van der Waals surface area contributed by atoms with E-state index in [2.05, 4.69) is 24.2 Å². The summed E-state index contributed by atoms with van der Waals surface area (Å²) < 4.78 is 11.7. The molecule has 6 nitrogen and oxygen atoms in total. The molecule has 0 aliphatic carbocycles. The molecule has 2 N–H and O–H groups in total. The zero-order chi connectivity index (χ0) is 27.6. The third-order valence-electron chi connectivity index (χ3n) is 5.11. The summed E-state index contributed by atoms with van der Waals surface area (Å²) in [6.45, 7) is 11.7. The van der Waals surface area contributed by atoms with Crippen molar-refractivity contribution in [2.75, 3.05) is 6.61 Å². The molecule has 0 saturated carbocycles. The number of carbonyl (C=O) groups is 2. The summed E-state index contributed by atoms with van der Waals surface area (Å²) in [6.07, 6.45) is 11.2. The standard InChI is InChI=1S/C28H33NO5.C3H4/c1-5-7-16-33-27(20(3)9-6-2)28(32)29-19-22-10-8-11-24(18-22)34-25-14-12-23(21(4)17-25)13-15-26(30)31;1-3-2/h5-8,10-12,14,17-18H,2,9,13,15-16,19H2,1,3-4H3,(H,29,32)(H,30,31);1H,2H3/b7-5-,27-20-;. The Labute approximate surface area is 220 Å². The predicted octanol–water partition coefficient (Wildman–Crippen LogP) is 6.50. The fourth-order valence-corrected chi connectivity index (χ4v) is 3.29. The summed E-state index contributed by atoms with van der Waals surface area (Å²) >= 11 is 0. The third kappa shape index (κ3) is 11.8. The molecule has 6 heteroatoms. The number of ether oxygens (including phenoxy) is 2. The summed E-state index contributed by atoms with van der Waals surface area (Å²) in [5, 5.41) is 11.8. The minimum atomic E-state index is -0.813. The molecular formula is C31H37NO5. The minimum absolute atomic E-state index is 0.0964. The molecule has 0 heterocycles. The van der Waals surface area contributed by atoms with Crippen molar-refractivity contribution in [3.63, 3.8) is 0 Å². The van der Waals surface area contributed by atoms with Crippen LogP contribution >= 0.6 is 0 Å². The van der Waals surface area contributed by atoms with Gasteiger partial charge in [0.1, 0.15) is 18.1 Å². The summed E-state index contributed by atoms with van der Waals surface area (Å²) in [5.74, 6) is 2.78. The maximum absolute atomic E-state index is 12.7. The number of aliphatic carboxylic acids is 1. The molecule has 0 radical (unpaired) electrons. The van der Waals surface area contributed by atoms with Crippen LogP contribution in [0, 0.1) is 19.3 Å². The van der Waals surface area contributed by atoms with Gasteiger partial charge in [-0.25, -0.2) is 0 Å². The molecule has 0 bridgehead atoms. The summed E-state index contributed by atoms with van der Waals surface area (Å²) in [7, 11) is 0. The van der Waals surface area contributed by atoms with Crippen LogP contribution in [-0.4, -0.2) is 23.6 Å². The SMILES string of the molecule is C#CC.C=CC/C(C)=C(\OC/C=C\C)C(=O)NCc1cccc(Oc2ccc(CCC(=O)O)c(C)c2)c1. The fraction of sp³-hybridized carbons (Fsp3) is 0.290. The molecule has 0 aliphatic heterocycles. The second kappa shape index (κ2) is 17.2. The number of aryl methyl sites for hydroxylation is 2. The van der Waals surface area contributed by atoms with Gasteiger partial charge in [-0.05, 0) is 87.1 Å². The van der Waals surface area contributed by atoms with Gasteiger partial charge in [-0.3, -0.25) is 9.59 Å². The quantitative estimate of drug-likeness (QED) is 0.141. The smallest absolute Gasteiger partial charge is 0.303 e. The lowest BCUT2D eigenvalue weighted by molar-refractivity contribution is -0.137. The lowest BCUT2D eigenvalue weighted by Crippen LogP contribution is -2.26. The average Bonchev–Trinajstić information content (AvgIpc) is 2.85. The molecule has 0 aromatic heterocycles. The third-order valence-corrected chi connectivity index (χ3v) is 5.11. The van der Waals surface area contributed by atoms with Crippen molar-refractivity contribution in [2.24, 2.45) is 0 Å². The van der Waals surface area contributed by atoms with Gasteiger partial charge >= 0.3 is 5.97 Å². The Balaban J connectivity index is 0.00000217. The highest BCUT2D eigenvalue weighted by atomic mass is 16.5. The molecule has 0 atom stereocenters. The number of hydrogen-bond donors (Lipinski definition) is 2. The number of nitrogens with one attached hydrogen (secondary N) is 1. The average molecular weight is 504 g/mol. The lowest BCUT2D eigenvalue weighted by atomic mass is 10.0. The van der Waals surface area contributed by atoms with Crippen LogP contribution in [0.4, 0.5) is 0 Å². The van der Waals surface area contributed by atoms with E-state index in [4.69, 9.17) is 14.6 Å². The molecule has 1 amide bonds. The first-order chi connectivity index (χ1) is 17.7. The van der Waals surface area contributed by atoms with Gasteiger partial charge in [-0.2, -0.15) is 0 Å². The van der Waals surface area contributed by atoms with Gasteiger partial charge in [0, 0.05) is 13.0 Å². The first kappa shape index (κ1) is 30.8. The highest BCUT2D eigenvalue weighted by molar-refractivity contribution is 5.92. The van der Waals surface area contributed by atoms with Crippen molar-refractivity contribution in [3.8, 4) is 23.8 Å². The summed E-state index contributed by atoms with van der Waals surface area (Å²) in [6, 6.07) is 13.1. The Morgan fingerprint density at radius 2 is 1.89 bits per heavy atom. The summed E-state index contributed by atoms with van der Waals surface area (Å²) in [5.41, 5.74) is 3.67. The van der Waals surface area contributed by atoms with Gasteiger partial charge in [0.2, 0.25) is 0 Å². The fourth-order valence-electron chi connectivity index (χ4n) is 3.29. The van der Waals surface area contributed by atoms with Crippen molar-refractivity contribution in [1.82, 2.24) is 5.32 Å². The lowest BCUT2D eigenvalue weighted by Gasteiger charge is -2.13. The van der Waals surface area contributed by atoms with E-state index in [1.165, 1.54) is 0 Å². The topological polar surface area (TPSA) is 84.9 Å². The molecule has 2 rings (SSSR count). The van der Waals surface area contributed by atoms with Crippen molar-refractivity contribution >= 4 is 11.9 Å². The number of rotatable bonds is 13. The minimum Gasteiger partial charge on any atom is -0.484 e. The Kier molecular flexibility index (Phi) is 14.3. The van der Waals surface area contributed by atoms with Crippen LogP contribution in [0.25, 0.3) is 0 Å². The Morgan fingerprint density at radius 1 is 1.19 bits per heavy atom. The van der Waals surface area contributed by atoms with Gasteiger partial charge in [0.15, 0.2) is 5.76 Å². The van der Waals surface area contributed by atoms with Crippen LogP contribution < -0.4 is 10.1 Å². The van der Waals surface area contributed by atoms with E-state index < -0.39 is 5.97 Å². The van der Waals surface area contributed by atoms with E-state index in [9.17, 15) is 9.59 Å². The van der Waals surface area contributed by atoms with Crippen molar-refractivity contribution in [1.29, 1.82) is 0 Å². The molecule has 0 saturated heterocycles. The van der Waals surface area contributed by atoms with Crippen molar-refractivity contribution in [3.05, 3.63) is 95.3 Å². The first-order valence-electron chi connectivity index (χ1n) is 12.0. The molecule has 37 heavy (non-hydrogen) atoms. The number of carboxylic acid groups (broad SMARTS) is 1. The number of carboxylic acids is 1. The van der Waals surface area contributed by atoms with Crippen LogP contribution in [0.5, 0.6) is 11.5 Å². The van der Waals surface area contributed by atoms with Gasteiger partial charge in [-0.1, -0.05) is 36.4 Å². The van der Waals surface area contributed by atoms with E-state index in [1.807, 2.05) is 75.4 Å². The van der Waals surface area contributed by atoms with Crippen LogP contribution in [0.3, 0.4) is 0 Å². The maximum atomic E-state index is 12.7. The highest BCUT2D eigenvalue weighted by Crippen LogP contribution is 2.25. The van der Waals surface area contributed by atoms with E-state index in [0.29, 0.717) is 43.3 Å². The van der Waals surface area contributed by atoms with Gasteiger partial charge in [-0.15, -0.1) is 18.9 Å². The van der Waals surface area contributed by atoms with Gasteiger partial charge in [0.25, 0.3) is 5.91 Å². The van der Waals surface area contributed by atoms with E-state index >= 15 is 0 Å². The Bertz CT molecular complexity index is 1150. The van der Waals surface area contributed by atoms with Crippen LogP contribution in [0.2, 0.25) is 0 Å². The number of benzene rings is 2. The van der Waals surface area contributed by atoms with E-state index in [0.717, 1.165) is 22.3 Å². The Hall–Kier alpha value is -4.24. The van der Waals surface area contributed by atoms with Crippen LogP contribution in [-0.2, 0) is 27.3 Å². The zero-order valence-electron chi connectivity index (χ0n) is 22.2. The van der Waals surface area contributed by atoms with Crippen molar-refractivity contribution in [2.45, 2.75) is 53.5 Å². The monoisotopic (exact) mass is 503 g/mol. The summed E-state index contributed by atoms with van der Waals surface area (Å²) in [4.78, 5) is 23.6. The van der Waals surface area contributed by atoms with Gasteiger partial charge < -0.3 is 19.9 Å². The van der Waals surface area contributed by atoms with E-state index in [1.54, 1.807) is 13.0 Å². The number of allylic oxidation sites excluding steroid dienone is 3. The van der Waals surface area contributed by atoms with Crippen LogP contribution in [0.1, 0.15) is 50.3 Å². The van der Waals surface area contributed by atoms with E-state index in [-0.39, 0.29) is 12.3 Å². The number of terminal acetylenes is 1. The molecule has 0 unspecified atom stereocenters. The molecular weight excluding hydrogens is 466 g/mol. The number of amides is 1. The largest absolute Gasteiger partial charge is 0.484 e. The zero-order valence-corrected chi connectivity index (χ0v) is 22.2. The highest BCUT2D eigenvalue weighted by Gasteiger charge is 2.14. The normalized spacial score (nSPS) is 10.9.